The van der Waals surface area contributed by atoms with Crippen LogP contribution in [0.1, 0.15) is 12.0 Å². The third kappa shape index (κ3) is 2.81. The fourth-order valence-corrected chi connectivity index (χ4v) is 4.13. The molecule has 1 aromatic heterocycles. The Hall–Kier alpha value is -1.14. The number of aromatic nitrogens is 1. The zero-order valence-electron chi connectivity index (χ0n) is 10.5. The molecule has 6 heteroatoms. The average molecular weight is 269 g/mol. The highest BCUT2D eigenvalue weighted by atomic mass is 32.2. The maximum absolute atomic E-state index is 11.5. The lowest BCUT2D eigenvalue weighted by atomic mass is 10.1. The second-order valence-electron chi connectivity index (χ2n) is 4.69. The quantitative estimate of drug-likeness (QED) is 0.845. The molecule has 2 heterocycles. The summed E-state index contributed by atoms with van der Waals surface area (Å²) in [5, 5.41) is 0. The van der Waals surface area contributed by atoms with Crippen molar-refractivity contribution in [1.29, 1.82) is 0 Å². The molecule has 1 aromatic rings. The summed E-state index contributed by atoms with van der Waals surface area (Å²) in [7, 11) is -0.957. The summed E-state index contributed by atoms with van der Waals surface area (Å²) >= 11 is 0. The minimum absolute atomic E-state index is 0.0291. The maximum atomic E-state index is 11.5. The molecule has 0 saturated carbocycles. The summed E-state index contributed by atoms with van der Waals surface area (Å²) in [6.45, 7) is 0.565. The van der Waals surface area contributed by atoms with Gasteiger partial charge in [-0.1, -0.05) is 6.07 Å². The van der Waals surface area contributed by atoms with E-state index in [4.69, 9.17) is 5.73 Å². The molecule has 0 aromatic carbocycles. The van der Waals surface area contributed by atoms with E-state index in [-0.39, 0.29) is 17.5 Å². The SMILES string of the molecule is CN(c1ncccc1CCN)C1CCS(=O)(=O)C1. The molecular weight excluding hydrogens is 250 g/mol. The van der Waals surface area contributed by atoms with Crippen LogP contribution in [0.5, 0.6) is 0 Å². The van der Waals surface area contributed by atoms with Crippen molar-refractivity contribution in [3.05, 3.63) is 23.9 Å². The van der Waals surface area contributed by atoms with Crippen molar-refractivity contribution in [3.63, 3.8) is 0 Å². The Morgan fingerprint density at radius 1 is 1.56 bits per heavy atom. The zero-order chi connectivity index (χ0) is 13.2. The molecule has 0 amide bonds. The third-order valence-corrected chi connectivity index (χ3v) is 5.12. The second-order valence-corrected chi connectivity index (χ2v) is 6.92. The van der Waals surface area contributed by atoms with Gasteiger partial charge in [0, 0.05) is 19.3 Å². The molecule has 1 unspecified atom stereocenters. The van der Waals surface area contributed by atoms with E-state index in [2.05, 4.69) is 4.98 Å². The van der Waals surface area contributed by atoms with Crippen LogP contribution in [-0.4, -0.2) is 44.5 Å². The van der Waals surface area contributed by atoms with E-state index in [1.807, 2.05) is 24.1 Å². The van der Waals surface area contributed by atoms with E-state index < -0.39 is 9.84 Å². The molecule has 0 aliphatic carbocycles. The van der Waals surface area contributed by atoms with Crippen LogP contribution in [0.3, 0.4) is 0 Å². The van der Waals surface area contributed by atoms with Gasteiger partial charge in [-0.25, -0.2) is 13.4 Å². The number of nitrogens with zero attached hydrogens (tertiary/aromatic N) is 2. The number of hydrogen-bond donors (Lipinski definition) is 1. The standard InChI is InChI=1S/C12H19N3O2S/c1-15(11-5-8-18(16,17)9-11)12-10(4-6-13)3-2-7-14-12/h2-3,7,11H,4-6,8-9,13H2,1H3. The van der Waals surface area contributed by atoms with Crippen LogP contribution in [-0.2, 0) is 16.3 Å². The normalized spacial score (nSPS) is 22.0. The Balaban J connectivity index is 2.21. The fourth-order valence-electron chi connectivity index (χ4n) is 2.35. The van der Waals surface area contributed by atoms with Crippen molar-refractivity contribution in [3.8, 4) is 0 Å². The van der Waals surface area contributed by atoms with Gasteiger partial charge in [-0.05, 0) is 31.0 Å². The first-order chi connectivity index (χ1) is 8.53. The van der Waals surface area contributed by atoms with Crippen LogP contribution >= 0.6 is 0 Å². The number of rotatable bonds is 4. The number of anilines is 1. The predicted octanol–water partition coefficient (Wildman–Crippen LogP) is 0.206. The van der Waals surface area contributed by atoms with E-state index in [9.17, 15) is 8.42 Å². The van der Waals surface area contributed by atoms with Gasteiger partial charge in [0.05, 0.1) is 11.5 Å². The van der Waals surface area contributed by atoms with Crippen LogP contribution in [0.2, 0.25) is 0 Å². The van der Waals surface area contributed by atoms with Gasteiger partial charge in [0.1, 0.15) is 5.82 Å². The van der Waals surface area contributed by atoms with E-state index in [1.54, 1.807) is 6.20 Å². The van der Waals surface area contributed by atoms with Gasteiger partial charge in [0.15, 0.2) is 9.84 Å². The number of nitrogens with two attached hydrogens (primary N) is 1. The molecule has 1 aliphatic rings. The maximum Gasteiger partial charge on any atom is 0.152 e. The van der Waals surface area contributed by atoms with Gasteiger partial charge in [-0.2, -0.15) is 0 Å². The van der Waals surface area contributed by atoms with Crippen LogP contribution in [0, 0.1) is 0 Å². The van der Waals surface area contributed by atoms with Gasteiger partial charge in [-0.15, -0.1) is 0 Å². The minimum Gasteiger partial charge on any atom is -0.355 e. The zero-order valence-corrected chi connectivity index (χ0v) is 11.4. The van der Waals surface area contributed by atoms with Gasteiger partial charge in [0.2, 0.25) is 0 Å². The molecule has 2 N–H and O–H groups in total. The lowest BCUT2D eigenvalue weighted by Crippen LogP contribution is -2.34. The van der Waals surface area contributed by atoms with Gasteiger partial charge in [0.25, 0.3) is 0 Å². The lowest BCUT2D eigenvalue weighted by molar-refractivity contribution is 0.600. The summed E-state index contributed by atoms with van der Waals surface area (Å²) < 4.78 is 23.0. The van der Waals surface area contributed by atoms with Crippen LogP contribution in [0.25, 0.3) is 0 Å². The third-order valence-electron chi connectivity index (χ3n) is 3.37. The average Bonchev–Trinajstić information content (AvgIpc) is 2.70. The fraction of sp³-hybridized carbons (Fsp3) is 0.583. The van der Waals surface area contributed by atoms with E-state index in [1.165, 1.54) is 0 Å². The molecule has 0 bridgehead atoms. The molecule has 2 rings (SSSR count). The highest BCUT2D eigenvalue weighted by molar-refractivity contribution is 7.91. The van der Waals surface area contributed by atoms with Crippen molar-refractivity contribution in [2.24, 2.45) is 5.73 Å². The van der Waals surface area contributed by atoms with Crippen LogP contribution in [0.4, 0.5) is 5.82 Å². The number of sulfone groups is 1. The highest BCUT2D eigenvalue weighted by Crippen LogP contribution is 2.24. The molecule has 5 nitrogen and oxygen atoms in total. The summed E-state index contributed by atoms with van der Waals surface area (Å²) in [5.41, 5.74) is 6.66. The number of hydrogen-bond acceptors (Lipinski definition) is 5. The first kappa shape index (κ1) is 13.3. The van der Waals surface area contributed by atoms with Gasteiger partial charge in [-0.3, -0.25) is 0 Å². The van der Waals surface area contributed by atoms with E-state index >= 15 is 0 Å². The van der Waals surface area contributed by atoms with Crippen LogP contribution in [0.15, 0.2) is 18.3 Å². The van der Waals surface area contributed by atoms with Gasteiger partial charge < -0.3 is 10.6 Å². The molecule has 18 heavy (non-hydrogen) atoms. The Labute approximate surface area is 108 Å². The monoisotopic (exact) mass is 269 g/mol. The molecule has 100 valence electrons. The molecular formula is C12H19N3O2S. The van der Waals surface area contributed by atoms with Crippen molar-refractivity contribution in [1.82, 2.24) is 4.98 Å². The highest BCUT2D eigenvalue weighted by Gasteiger charge is 2.31. The Bertz CT molecular complexity index is 516. The predicted molar refractivity (Wildman–Crippen MR) is 72.5 cm³/mol. The summed E-state index contributed by atoms with van der Waals surface area (Å²) in [6, 6.07) is 3.91. The molecule has 1 fully saturated rings. The van der Waals surface area contributed by atoms with E-state index in [0.717, 1.165) is 17.8 Å². The van der Waals surface area contributed by atoms with Crippen molar-refractivity contribution in [2.75, 3.05) is 30.0 Å². The molecule has 1 aliphatic heterocycles. The molecule has 1 saturated heterocycles. The smallest absolute Gasteiger partial charge is 0.152 e. The Kier molecular flexibility index (Phi) is 3.87. The van der Waals surface area contributed by atoms with Crippen molar-refractivity contribution >= 4 is 15.7 Å². The molecule has 0 spiro atoms. The molecule has 1 atom stereocenters. The Morgan fingerprint density at radius 3 is 2.94 bits per heavy atom. The molecule has 0 radical (unpaired) electrons. The second kappa shape index (κ2) is 5.24. The van der Waals surface area contributed by atoms with Crippen LogP contribution < -0.4 is 10.6 Å². The summed E-state index contributed by atoms with van der Waals surface area (Å²) in [5.74, 6) is 1.36. The minimum atomic E-state index is -2.87. The Morgan fingerprint density at radius 2 is 2.33 bits per heavy atom. The largest absolute Gasteiger partial charge is 0.355 e. The topological polar surface area (TPSA) is 76.3 Å². The van der Waals surface area contributed by atoms with Crippen molar-refractivity contribution in [2.45, 2.75) is 18.9 Å². The lowest BCUT2D eigenvalue weighted by Gasteiger charge is -2.26. The summed E-state index contributed by atoms with van der Waals surface area (Å²) in [6.07, 6.45) is 3.17. The first-order valence-corrected chi connectivity index (χ1v) is 7.93. The first-order valence-electron chi connectivity index (χ1n) is 6.11. The number of pyridine rings is 1. The van der Waals surface area contributed by atoms with E-state index in [0.29, 0.717) is 13.0 Å². The summed E-state index contributed by atoms with van der Waals surface area (Å²) in [4.78, 5) is 6.35. The van der Waals surface area contributed by atoms with Crippen molar-refractivity contribution < 1.29 is 8.42 Å². The van der Waals surface area contributed by atoms with Gasteiger partial charge >= 0.3 is 0 Å².